The highest BCUT2D eigenvalue weighted by Gasteiger charge is 2.23. The van der Waals surface area contributed by atoms with Crippen molar-refractivity contribution in [3.63, 3.8) is 0 Å². The highest BCUT2D eigenvalue weighted by molar-refractivity contribution is 7.00. The van der Waals surface area contributed by atoms with Gasteiger partial charge < -0.3 is 16.0 Å². The molecule has 0 bridgehead atoms. The molecule has 3 rings (SSSR count). The number of carbonyl (C=O) groups is 1. The van der Waals surface area contributed by atoms with Gasteiger partial charge in [0.25, 0.3) is 0 Å². The van der Waals surface area contributed by atoms with E-state index in [0.29, 0.717) is 34.2 Å². The maximum atomic E-state index is 11.1. The number of piperidine rings is 1. The first-order valence-electron chi connectivity index (χ1n) is 6.47. The van der Waals surface area contributed by atoms with E-state index >= 15 is 0 Å². The number of nitrogens with two attached hydrogens (primary N) is 1. The lowest BCUT2D eigenvalue weighted by molar-refractivity contribution is 0.193. The van der Waals surface area contributed by atoms with Gasteiger partial charge in [-0.2, -0.15) is 8.75 Å². The number of fused-ring (bicyclic) bond motifs is 1. The van der Waals surface area contributed by atoms with Crippen molar-refractivity contribution in [2.75, 3.05) is 18.4 Å². The fourth-order valence-electron chi connectivity index (χ4n) is 2.46. The number of hydrogen-bond donors (Lipinski definition) is 2. The molecule has 0 aliphatic carbocycles. The van der Waals surface area contributed by atoms with Gasteiger partial charge in [-0.1, -0.05) is 23.2 Å². The molecular formula is C12H13Cl2N5OS. The van der Waals surface area contributed by atoms with Crippen LogP contribution in [0, 0.1) is 0 Å². The first-order chi connectivity index (χ1) is 10.1. The average Bonchev–Trinajstić information content (AvgIpc) is 2.93. The van der Waals surface area contributed by atoms with Crippen molar-refractivity contribution < 1.29 is 4.79 Å². The van der Waals surface area contributed by atoms with Crippen LogP contribution in [0.4, 0.5) is 10.5 Å². The molecule has 0 atom stereocenters. The summed E-state index contributed by atoms with van der Waals surface area (Å²) in [6.07, 6.45) is 1.61. The van der Waals surface area contributed by atoms with Gasteiger partial charge in [0.05, 0.1) is 27.5 Å². The third-order valence-corrected chi connectivity index (χ3v) is 4.71. The lowest BCUT2D eigenvalue weighted by Gasteiger charge is -2.31. The number of nitrogens with one attached hydrogen (secondary N) is 1. The van der Waals surface area contributed by atoms with Crippen LogP contribution in [-0.4, -0.2) is 38.8 Å². The summed E-state index contributed by atoms with van der Waals surface area (Å²) >= 11 is 13.5. The molecule has 0 unspecified atom stereocenters. The van der Waals surface area contributed by atoms with E-state index in [9.17, 15) is 4.79 Å². The summed E-state index contributed by atoms with van der Waals surface area (Å²) in [5.74, 6) is 0. The molecule has 1 aromatic carbocycles. The second kappa shape index (κ2) is 5.82. The van der Waals surface area contributed by atoms with Gasteiger partial charge in [-0.3, -0.25) is 0 Å². The van der Waals surface area contributed by atoms with Gasteiger partial charge in [-0.25, -0.2) is 4.79 Å². The molecule has 1 fully saturated rings. The predicted octanol–water partition coefficient (Wildman–Crippen LogP) is 2.95. The first kappa shape index (κ1) is 14.6. The van der Waals surface area contributed by atoms with Gasteiger partial charge in [-0.05, 0) is 18.9 Å². The summed E-state index contributed by atoms with van der Waals surface area (Å²) in [6, 6.07) is 1.52. The molecule has 1 saturated heterocycles. The fourth-order valence-corrected chi connectivity index (χ4v) is 3.63. The van der Waals surface area contributed by atoms with Crippen molar-refractivity contribution in [2.45, 2.75) is 18.9 Å². The molecular weight excluding hydrogens is 333 g/mol. The van der Waals surface area contributed by atoms with E-state index in [1.54, 1.807) is 11.0 Å². The number of urea groups is 1. The Morgan fingerprint density at radius 1 is 1.29 bits per heavy atom. The lowest BCUT2D eigenvalue weighted by Crippen LogP contribution is -2.44. The molecule has 2 heterocycles. The van der Waals surface area contributed by atoms with E-state index in [4.69, 9.17) is 28.9 Å². The molecule has 2 amide bonds. The van der Waals surface area contributed by atoms with Crippen molar-refractivity contribution in [2.24, 2.45) is 5.73 Å². The SMILES string of the molecule is NC(=O)N1CCC(Nc2c(Cl)cc(Cl)c3nsnc23)CC1. The van der Waals surface area contributed by atoms with Crippen LogP contribution in [0.25, 0.3) is 11.0 Å². The second-order valence-electron chi connectivity index (χ2n) is 4.92. The number of amides is 2. The maximum absolute atomic E-state index is 11.1. The highest BCUT2D eigenvalue weighted by atomic mass is 35.5. The molecule has 9 heteroatoms. The van der Waals surface area contributed by atoms with Gasteiger partial charge in [-0.15, -0.1) is 0 Å². The molecule has 2 aromatic rings. The third-order valence-electron chi connectivity index (χ3n) is 3.60. The Bertz CT molecular complexity index is 684. The Balaban J connectivity index is 1.80. The highest BCUT2D eigenvalue weighted by Crippen LogP contribution is 2.36. The molecule has 3 N–H and O–H groups in total. The molecule has 112 valence electrons. The van der Waals surface area contributed by atoms with Crippen molar-refractivity contribution >= 4 is 57.7 Å². The van der Waals surface area contributed by atoms with E-state index in [2.05, 4.69) is 14.1 Å². The van der Waals surface area contributed by atoms with Gasteiger partial charge in [0, 0.05) is 19.1 Å². The number of rotatable bonds is 2. The number of aromatic nitrogens is 2. The third kappa shape index (κ3) is 2.86. The average molecular weight is 346 g/mol. The fraction of sp³-hybridized carbons (Fsp3) is 0.417. The predicted molar refractivity (Wildman–Crippen MR) is 85.2 cm³/mol. The number of benzene rings is 1. The van der Waals surface area contributed by atoms with E-state index in [0.717, 1.165) is 30.3 Å². The van der Waals surface area contributed by atoms with Gasteiger partial charge in [0.2, 0.25) is 0 Å². The molecule has 0 spiro atoms. The normalized spacial score (nSPS) is 16.4. The monoisotopic (exact) mass is 345 g/mol. The van der Waals surface area contributed by atoms with E-state index in [1.807, 2.05) is 0 Å². The van der Waals surface area contributed by atoms with E-state index < -0.39 is 0 Å². The number of nitrogens with zero attached hydrogens (tertiary/aromatic N) is 3. The molecule has 6 nitrogen and oxygen atoms in total. The van der Waals surface area contributed by atoms with Crippen LogP contribution in [0.2, 0.25) is 10.0 Å². The zero-order valence-electron chi connectivity index (χ0n) is 11.0. The molecule has 1 aliphatic rings. The van der Waals surface area contributed by atoms with Crippen LogP contribution in [0.1, 0.15) is 12.8 Å². The largest absolute Gasteiger partial charge is 0.379 e. The molecule has 21 heavy (non-hydrogen) atoms. The quantitative estimate of drug-likeness (QED) is 0.876. The van der Waals surface area contributed by atoms with E-state index in [-0.39, 0.29) is 12.1 Å². The zero-order chi connectivity index (χ0) is 15.0. The van der Waals surface area contributed by atoms with Crippen molar-refractivity contribution in [3.8, 4) is 0 Å². The van der Waals surface area contributed by atoms with Crippen LogP contribution in [0.15, 0.2) is 6.07 Å². The summed E-state index contributed by atoms with van der Waals surface area (Å²) in [4.78, 5) is 12.8. The van der Waals surface area contributed by atoms with Crippen molar-refractivity contribution in [1.29, 1.82) is 0 Å². The standard InChI is InChI=1S/C12H13Cl2N5OS/c13-7-5-8(14)10-11(18-21-17-10)9(7)16-6-1-3-19(4-2-6)12(15)20/h5-6,16H,1-4H2,(H2,15,20). The topological polar surface area (TPSA) is 84.1 Å². The summed E-state index contributed by atoms with van der Waals surface area (Å²) in [7, 11) is 0. The van der Waals surface area contributed by atoms with Gasteiger partial charge in [0.15, 0.2) is 0 Å². The van der Waals surface area contributed by atoms with Crippen LogP contribution in [-0.2, 0) is 0 Å². The lowest BCUT2D eigenvalue weighted by atomic mass is 10.0. The Labute approximate surface area is 135 Å². The van der Waals surface area contributed by atoms with Crippen LogP contribution < -0.4 is 11.1 Å². The van der Waals surface area contributed by atoms with Crippen LogP contribution in [0.5, 0.6) is 0 Å². The second-order valence-corrected chi connectivity index (χ2v) is 6.26. The Kier molecular flexibility index (Phi) is 4.05. The number of carbonyl (C=O) groups excluding carboxylic acids is 1. The number of halogens is 2. The summed E-state index contributed by atoms with van der Waals surface area (Å²) in [5.41, 5.74) is 7.38. The summed E-state index contributed by atoms with van der Waals surface area (Å²) < 4.78 is 8.44. The smallest absolute Gasteiger partial charge is 0.314 e. The zero-order valence-corrected chi connectivity index (χ0v) is 13.3. The van der Waals surface area contributed by atoms with Gasteiger partial charge in [0.1, 0.15) is 11.0 Å². The number of likely N-dealkylation sites (tertiary alicyclic amines) is 1. The summed E-state index contributed by atoms with van der Waals surface area (Å²) in [6.45, 7) is 1.27. The van der Waals surface area contributed by atoms with E-state index in [1.165, 1.54) is 0 Å². The minimum atomic E-state index is -0.371. The van der Waals surface area contributed by atoms with Crippen LogP contribution >= 0.6 is 34.9 Å². The Morgan fingerprint density at radius 3 is 2.62 bits per heavy atom. The molecule has 0 radical (unpaired) electrons. The Hall–Kier alpha value is -1.31. The van der Waals surface area contributed by atoms with Crippen LogP contribution in [0.3, 0.4) is 0 Å². The maximum Gasteiger partial charge on any atom is 0.314 e. The number of primary amides is 1. The van der Waals surface area contributed by atoms with Gasteiger partial charge >= 0.3 is 6.03 Å². The molecule has 0 saturated carbocycles. The van der Waals surface area contributed by atoms with Crippen molar-refractivity contribution in [1.82, 2.24) is 13.6 Å². The number of anilines is 1. The first-order valence-corrected chi connectivity index (χ1v) is 7.96. The minimum absolute atomic E-state index is 0.212. The van der Waals surface area contributed by atoms with Crippen molar-refractivity contribution in [3.05, 3.63) is 16.1 Å². The number of hydrogen-bond acceptors (Lipinski definition) is 5. The molecule has 1 aromatic heterocycles. The Morgan fingerprint density at radius 2 is 1.95 bits per heavy atom. The summed E-state index contributed by atoms with van der Waals surface area (Å²) in [5, 5.41) is 4.42. The minimum Gasteiger partial charge on any atom is -0.379 e. The molecule has 1 aliphatic heterocycles.